The minimum atomic E-state index is -0.0288. The number of hydrogen-bond acceptors (Lipinski definition) is 5. The van der Waals surface area contributed by atoms with Gasteiger partial charge in [0.25, 0.3) is 0 Å². The molecule has 2 saturated heterocycles. The first-order chi connectivity index (χ1) is 10.1. The predicted molar refractivity (Wildman–Crippen MR) is 80.1 cm³/mol. The van der Waals surface area contributed by atoms with Crippen LogP contribution in [0.1, 0.15) is 38.3 Å². The zero-order valence-electron chi connectivity index (χ0n) is 12.8. The summed E-state index contributed by atoms with van der Waals surface area (Å²) in [5.41, 5.74) is 0.771. The van der Waals surface area contributed by atoms with Crippen LogP contribution in [0.5, 0.6) is 0 Å². The van der Waals surface area contributed by atoms with Crippen LogP contribution in [0.15, 0.2) is 10.6 Å². The zero-order valence-corrected chi connectivity index (χ0v) is 12.8. The molecule has 3 rings (SSSR count). The molecule has 2 aliphatic rings. The number of aromatic nitrogens is 1. The quantitative estimate of drug-likeness (QED) is 0.861. The molecule has 2 bridgehead atoms. The van der Waals surface area contributed by atoms with Crippen molar-refractivity contribution in [2.75, 3.05) is 18.4 Å². The molecule has 0 saturated carbocycles. The van der Waals surface area contributed by atoms with Crippen molar-refractivity contribution in [1.29, 1.82) is 0 Å². The molecule has 1 aromatic heterocycles. The number of likely N-dealkylation sites (N-methyl/N-ethyl adjacent to an activating group) is 1. The Morgan fingerprint density at radius 1 is 1.48 bits per heavy atom. The van der Waals surface area contributed by atoms with Gasteiger partial charge in [0, 0.05) is 24.2 Å². The number of nitrogens with one attached hydrogen (secondary N) is 2. The molecule has 2 unspecified atom stereocenters. The summed E-state index contributed by atoms with van der Waals surface area (Å²) in [6, 6.07) is 3.53. The maximum absolute atomic E-state index is 12.2. The standard InChI is InChI=1S/C15H24N4O2/c1-3-19(13-7-11-4-5-12(8-13)16-11)9-14(20)17-15-6-10(2)18-21-15/h6,11-13,16H,3-5,7-9H2,1-2H3,(H,17,20). The first-order valence-corrected chi connectivity index (χ1v) is 7.87. The van der Waals surface area contributed by atoms with E-state index in [1.807, 2.05) is 6.92 Å². The van der Waals surface area contributed by atoms with Crippen molar-refractivity contribution in [1.82, 2.24) is 15.4 Å². The minimum Gasteiger partial charge on any atom is -0.338 e. The topological polar surface area (TPSA) is 70.4 Å². The van der Waals surface area contributed by atoms with E-state index in [-0.39, 0.29) is 5.91 Å². The van der Waals surface area contributed by atoms with Crippen LogP contribution in [0.2, 0.25) is 0 Å². The van der Waals surface area contributed by atoms with E-state index in [0.717, 1.165) is 25.1 Å². The molecule has 2 N–H and O–H groups in total. The zero-order chi connectivity index (χ0) is 14.8. The Labute approximate surface area is 125 Å². The molecule has 6 heteroatoms. The summed E-state index contributed by atoms with van der Waals surface area (Å²) in [6.07, 6.45) is 4.86. The number of hydrogen-bond donors (Lipinski definition) is 2. The van der Waals surface area contributed by atoms with Crippen molar-refractivity contribution in [3.63, 3.8) is 0 Å². The maximum Gasteiger partial charge on any atom is 0.240 e. The van der Waals surface area contributed by atoms with Gasteiger partial charge in [0.2, 0.25) is 11.8 Å². The lowest BCUT2D eigenvalue weighted by Gasteiger charge is -2.36. The Morgan fingerprint density at radius 3 is 2.76 bits per heavy atom. The van der Waals surface area contributed by atoms with Crippen molar-refractivity contribution >= 4 is 11.8 Å². The van der Waals surface area contributed by atoms with Gasteiger partial charge in [-0.25, -0.2) is 0 Å². The van der Waals surface area contributed by atoms with Gasteiger partial charge in [-0.3, -0.25) is 15.0 Å². The fourth-order valence-corrected chi connectivity index (χ4v) is 3.61. The molecule has 1 amide bonds. The Morgan fingerprint density at radius 2 is 2.19 bits per heavy atom. The highest BCUT2D eigenvalue weighted by molar-refractivity contribution is 5.90. The number of amides is 1. The molecule has 0 aromatic carbocycles. The Bertz CT molecular complexity index is 490. The van der Waals surface area contributed by atoms with Gasteiger partial charge in [0.15, 0.2) is 0 Å². The molecule has 6 nitrogen and oxygen atoms in total. The average Bonchev–Trinajstić information content (AvgIpc) is 3.01. The second-order valence-electron chi connectivity index (χ2n) is 6.21. The van der Waals surface area contributed by atoms with Crippen LogP contribution in [-0.4, -0.2) is 47.2 Å². The summed E-state index contributed by atoms with van der Waals surface area (Å²) in [4.78, 5) is 14.4. The van der Waals surface area contributed by atoms with Crippen LogP contribution in [-0.2, 0) is 4.79 Å². The van der Waals surface area contributed by atoms with Gasteiger partial charge in [0.1, 0.15) is 0 Å². The molecule has 0 spiro atoms. The van der Waals surface area contributed by atoms with E-state index in [1.54, 1.807) is 6.07 Å². The summed E-state index contributed by atoms with van der Waals surface area (Å²) in [7, 11) is 0. The van der Waals surface area contributed by atoms with Gasteiger partial charge in [-0.05, 0) is 39.2 Å². The third-order valence-corrected chi connectivity index (χ3v) is 4.61. The third-order valence-electron chi connectivity index (χ3n) is 4.61. The van der Waals surface area contributed by atoms with Crippen molar-refractivity contribution in [2.24, 2.45) is 0 Å². The monoisotopic (exact) mass is 292 g/mol. The summed E-state index contributed by atoms with van der Waals surface area (Å²) < 4.78 is 5.03. The number of carbonyl (C=O) groups excluding carboxylic acids is 1. The Hall–Kier alpha value is -1.40. The molecule has 1 aromatic rings. The van der Waals surface area contributed by atoms with Crippen molar-refractivity contribution < 1.29 is 9.32 Å². The van der Waals surface area contributed by atoms with Crippen LogP contribution >= 0.6 is 0 Å². The Balaban J connectivity index is 1.55. The van der Waals surface area contributed by atoms with Crippen LogP contribution in [0.25, 0.3) is 0 Å². The van der Waals surface area contributed by atoms with Gasteiger partial charge in [-0.1, -0.05) is 12.1 Å². The highest BCUT2D eigenvalue weighted by Gasteiger charge is 2.36. The van der Waals surface area contributed by atoms with Crippen molar-refractivity contribution in [2.45, 2.75) is 57.7 Å². The molecule has 21 heavy (non-hydrogen) atoms. The number of piperidine rings is 1. The molecule has 2 aliphatic heterocycles. The average molecular weight is 292 g/mol. The van der Waals surface area contributed by atoms with Gasteiger partial charge in [-0.15, -0.1) is 0 Å². The fourth-order valence-electron chi connectivity index (χ4n) is 3.61. The number of rotatable bonds is 5. The van der Waals surface area contributed by atoms with Gasteiger partial charge < -0.3 is 9.84 Å². The Kier molecular flexibility index (Phi) is 4.26. The number of nitrogens with zero attached hydrogens (tertiary/aromatic N) is 2. The molecular weight excluding hydrogens is 268 g/mol. The van der Waals surface area contributed by atoms with E-state index in [2.05, 4.69) is 27.6 Å². The molecule has 2 atom stereocenters. The van der Waals surface area contributed by atoms with Crippen molar-refractivity contribution in [3.8, 4) is 0 Å². The van der Waals surface area contributed by atoms with Crippen molar-refractivity contribution in [3.05, 3.63) is 11.8 Å². The lowest BCUT2D eigenvalue weighted by atomic mass is 9.98. The molecular formula is C15H24N4O2. The lowest BCUT2D eigenvalue weighted by molar-refractivity contribution is -0.118. The number of anilines is 1. The first-order valence-electron chi connectivity index (χ1n) is 7.87. The van der Waals surface area contributed by atoms with Gasteiger partial charge in [0.05, 0.1) is 12.2 Å². The minimum absolute atomic E-state index is 0.0288. The van der Waals surface area contributed by atoms with E-state index < -0.39 is 0 Å². The van der Waals surface area contributed by atoms with Gasteiger partial charge in [-0.2, -0.15) is 0 Å². The predicted octanol–water partition coefficient (Wildman–Crippen LogP) is 1.53. The number of carbonyl (C=O) groups is 1. The summed E-state index contributed by atoms with van der Waals surface area (Å²) in [5, 5.41) is 10.2. The van der Waals surface area contributed by atoms with E-state index >= 15 is 0 Å². The first kappa shape index (κ1) is 14.5. The second-order valence-corrected chi connectivity index (χ2v) is 6.21. The second kappa shape index (κ2) is 6.15. The van der Waals surface area contributed by atoms with Gasteiger partial charge >= 0.3 is 0 Å². The van der Waals surface area contributed by atoms with Crippen LogP contribution in [0, 0.1) is 6.92 Å². The maximum atomic E-state index is 12.2. The molecule has 0 aliphatic carbocycles. The van der Waals surface area contributed by atoms with Crippen LogP contribution < -0.4 is 10.6 Å². The van der Waals surface area contributed by atoms with Crippen LogP contribution in [0.4, 0.5) is 5.88 Å². The normalized spacial score (nSPS) is 28.0. The fraction of sp³-hybridized carbons (Fsp3) is 0.733. The highest BCUT2D eigenvalue weighted by atomic mass is 16.5. The van der Waals surface area contributed by atoms with Crippen LogP contribution in [0.3, 0.4) is 0 Å². The highest BCUT2D eigenvalue weighted by Crippen LogP contribution is 2.29. The molecule has 3 heterocycles. The number of aryl methyl sites for hydroxylation is 1. The van der Waals surface area contributed by atoms with E-state index in [0.29, 0.717) is 30.6 Å². The number of fused-ring (bicyclic) bond motifs is 2. The summed E-state index contributed by atoms with van der Waals surface area (Å²) in [6.45, 7) is 5.27. The molecule has 0 radical (unpaired) electrons. The van der Waals surface area contributed by atoms with E-state index in [4.69, 9.17) is 4.52 Å². The SMILES string of the molecule is CCN(CC(=O)Nc1cc(C)no1)C1CC2CCC(C1)N2. The lowest BCUT2D eigenvalue weighted by Crippen LogP contribution is -2.50. The molecule has 2 fully saturated rings. The summed E-state index contributed by atoms with van der Waals surface area (Å²) in [5.74, 6) is 0.401. The largest absolute Gasteiger partial charge is 0.338 e. The van der Waals surface area contributed by atoms with E-state index in [9.17, 15) is 4.79 Å². The summed E-state index contributed by atoms with van der Waals surface area (Å²) >= 11 is 0. The van der Waals surface area contributed by atoms with E-state index in [1.165, 1.54) is 12.8 Å². The smallest absolute Gasteiger partial charge is 0.240 e. The molecule has 116 valence electrons. The third kappa shape index (κ3) is 3.44.